The van der Waals surface area contributed by atoms with Gasteiger partial charge in [-0.05, 0) is 74.2 Å². The molecule has 228 valence electrons. The van der Waals surface area contributed by atoms with Crippen molar-refractivity contribution in [1.29, 1.82) is 0 Å². The first kappa shape index (κ1) is 29.8. The highest BCUT2D eigenvalue weighted by atomic mass is 16.3. The molecule has 0 atom stereocenters. The van der Waals surface area contributed by atoms with Gasteiger partial charge in [-0.2, -0.15) is 0 Å². The summed E-state index contributed by atoms with van der Waals surface area (Å²) < 4.78 is 2.12. The Morgan fingerprint density at radius 1 is 0.767 bits per heavy atom. The average Bonchev–Trinajstić information content (AvgIpc) is 3.38. The first-order valence-corrected chi connectivity index (χ1v) is 15.9. The monoisotopic (exact) mass is 580 g/mol. The molecule has 43 heavy (non-hydrogen) atoms. The van der Waals surface area contributed by atoms with Gasteiger partial charge in [-0.3, -0.25) is 14.7 Å². The molecule has 0 unspecified atom stereocenters. The zero-order valence-electron chi connectivity index (χ0n) is 26.6. The molecule has 1 N–H and O–H groups in total. The van der Waals surface area contributed by atoms with Crippen LogP contribution < -0.4 is 4.90 Å². The SMILES string of the molecule is CC(C)N1CCN(c2ccc(-c3cc(-c4ccc(CN5CCN(CC(C)(C)O)CC5)cc4)c4ncn(C)c4c3)cc2)CC1. The molecule has 6 rings (SSSR count). The Kier molecular flexibility index (Phi) is 8.60. The molecule has 7 nitrogen and oxygen atoms in total. The number of rotatable bonds is 8. The maximum absolute atomic E-state index is 10.2. The minimum absolute atomic E-state index is 0.615. The van der Waals surface area contributed by atoms with E-state index in [0.29, 0.717) is 6.04 Å². The van der Waals surface area contributed by atoms with Crippen molar-refractivity contribution in [3.8, 4) is 22.3 Å². The molecule has 1 aromatic heterocycles. The van der Waals surface area contributed by atoms with E-state index in [4.69, 9.17) is 4.98 Å². The van der Waals surface area contributed by atoms with E-state index in [9.17, 15) is 5.11 Å². The quantitative estimate of drug-likeness (QED) is 0.304. The van der Waals surface area contributed by atoms with Gasteiger partial charge in [-0.15, -0.1) is 0 Å². The molecule has 0 spiro atoms. The van der Waals surface area contributed by atoms with Crippen LogP contribution in [0.4, 0.5) is 5.69 Å². The number of anilines is 1. The fraction of sp³-hybridized carbons (Fsp3) is 0.472. The predicted molar refractivity (Wildman–Crippen MR) is 179 cm³/mol. The van der Waals surface area contributed by atoms with Crippen LogP contribution in [0.5, 0.6) is 0 Å². The summed E-state index contributed by atoms with van der Waals surface area (Å²) in [4.78, 5) is 14.7. The van der Waals surface area contributed by atoms with Gasteiger partial charge in [-0.1, -0.05) is 36.4 Å². The summed E-state index contributed by atoms with van der Waals surface area (Å²) in [5.74, 6) is 0. The van der Waals surface area contributed by atoms with Crippen molar-refractivity contribution in [3.05, 3.63) is 72.6 Å². The van der Waals surface area contributed by atoms with E-state index in [1.54, 1.807) is 0 Å². The number of imidazole rings is 1. The maximum Gasteiger partial charge on any atom is 0.0963 e. The van der Waals surface area contributed by atoms with E-state index in [1.807, 2.05) is 20.2 Å². The van der Waals surface area contributed by atoms with Gasteiger partial charge in [0.25, 0.3) is 0 Å². The predicted octanol–water partition coefficient (Wildman–Crippen LogP) is 5.33. The van der Waals surface area contributed by atoms with E-state index in [0.717, 1.165) is 76.5 Å². The number of aliphatic hydroxyl groups is 1. The third kappa shape index (κ3) is 6.96. The molecule has 0 bridgehead atoms. The van der Waals surface area contributed by atoms with Gasteiger partial charge in [0.05, 0.1) is 23.0 Å². The molecule has 3 aromatic carbocycles. The lowest BCUT2D eigenvalue weighted by Gasteiger charge is -2.38. The van der Waals surface area contributed by atoms with Crippen molar-refractivity contribution in [2.24, 2.45) is 7.05 Å². The summed E-state index contributed by atoms with van der Waals surface area (Å²) in [7, 11) is 2.08. The molecule has 2 aliphatic rings. The molecule has 0 aliphatic carbocycles. The normalized spacial score (nSPS) is 17.8. The Morgan fingerprint density at radius 2 is 1.40 bits per heavy atom. The van der Waals surface area contributed by atoms with Gasteiger partial charge in [-0.25, -0.2) is 4.98 Å². The number of benzene rings is 3. The Morgan fingerprint density at radius 3 is 2.02 bits per heavy atom. The van der Waals surface area contributed by atoms with Crippen molar-refractivity contribution >= 4 is 16.7 Å². The minimum atomic E-state index is -0.638. The van der Waals surface area contributed by atoms with Crippen molar-refractivity contribution in [1.82, 2.24) is 24.3 Å². The van der Waals surface area contributed by atoms with Crippen molar-refractivity contribution in [2.75, 3.05) is 63.8 Å². The molecule has 4 aromatic rings. The molecular formula is C36H48N6O. The van der Waals surface area contributed by atoms with Gasteiger partial charge in [0.2, 0.25) is 0 Å². The molecule has 2 aliphatic heterocycles. The number of nitrogens with zero attached hydrogens (tertiary/aromatic N) is 6. The molecule has 3 heterocycles. The van der Waals surface area contributed by atoms with Crippen LogP contribution in [0.3, 0.4) is 0 Å². The van der Waals surface area contributed by atoms with Crippen LogP contribution in [0.15, 0.2) is 67.0 Å². The van der Waals surface area contributed by atoms with Crippen LogP contribution in [0.25, 0.3) is 33.3 Å². The third-order valence-electron chi connectivity index (χ3n) is 9.19. The number of fused-ring (bicyclic) bond motifs is 1. The first-order chi connectivity index (χ1) is 20.6. The average molecular weight is 581 g/mol. The van der Waals surface area contributed by atoms with Gasteiger partial charge < -0.3 is 14.6 Å². The number of aryl methyl sites for hydroxylation is 1. The van der Waals surface area contributed by atoms with Crippen LogP contribution in [-0.4, -0.2) is 99.9 Å². The molecule has 7 heteroatoms. The third-order valence-corrected chi connectivity index (χ3v) is 9.19. The van der Waals surface area contributed by atoms with Crippen molar-refractivity contribution in [2.45, 2.75) is 45.9 Å². The van der Waals surface area contributed by atoms with Crippen LogP contribution in [0.1, 0.15) is 33.3 Å². The number of piperazine rings is 2. The van der Waals surface area contributed by atoms with Gasteiger partial charge in [0.1, 0.15) is 0 Å². The first-order valence-electron chi connectivity index (χ1n) is 15.9. The van der Waals surface area contributed by atoms with Crippen molar-refractivity contribution in [3.63, 3.8) is 0 Å². The topological polar surface area (TPSA) is 51.0 Å². The summed E-state index contributed by atoms with van der Waals surface area (Å²) in [6.45, 7) is 18.5. The summed E-state index contributed by atoms with van der Waals surface area (Å²) in [5.41, 5.74) is 9.01. The molecule has 0 amide bonds. The highest BCUT2D eigenvalue weighted by Gasteiger charge is 2.23. The second kappa shape index (κ2) is 12.4. The largest absolute Gasteiger partial charge is 0.389 e. The molecular weight excluding hydrogens is 532 g/mol. The second-order valence-corrected chi connectivity index (χ2v) is 13.5. The van der Waals surface area contributed by atoms with E-state index < -0.39 is 5.60 Å². The van der Waals surface area contributed by atoms with E-state index >= 15 is 0 Å². The summed E-state index contributed by atoms with van der Waals surface area (Å²) >= 11 is 0. The van der Waals surface area contributed by atoms with Gasteiger partial charge in [0, 0.05) is 89.8 Å². The molecule has 0 radical (unpaired) electrons. The zero-order chi connectivity index (χ0) is 30.1. The lowest BCUT2D eigenvalue weighted by atomic mass is 9.96. The Bertz CT molecular complexity index is 1500. The fourth-order valence-corrected chi connectivity index (χ4v) is 6.68. The summed E-state index contributed by atoms with van der Waals surface area (Å²) in [5, 5.41) is 10.2. The number of β-amino-alcohol motifs (C(OH)–C–C–N with tert-alkyl or cyclic N) is 1. The number of hydrogen-bond acceptors (Lipinski definition) is 6. The van der Waals surface area contributed by atoms with Gasteiger partial charge >= 0.3 is 0 Å². The number of aromatic nitrogens is 2. The minimum Gasteiger partial charge on any atom is -0.389 e. The Hall–Kier alpha value is -3.23. The van der Waals surface area contributed by atoms with E-state index in [2.05, 4.69) is 106 Å². The van der Waals surface area contributed by atoms with E-state index in [1.165, 1.54) is 33.5 Å². The smallest absolute Gasteiger partial charge is 0.0963 e. The summed E-state index contributed by atoms with van der Waals surface area (Å²) in [6, 6.07) is 23.4. The van der Waals surface area contributed by atoms with Gasteiger partial charge in [0.15, 0.2) is 0 Å². The highest BCUT2D eigenvalue weighted by Crippen LogP contribution is 2.34. The lowest BCUT2D eigenvalue weighted by molar-refractivity contribution is 0.0167. The zero-order valence-corrected chi connectivity index (χ0v) is 26.6. The Labute approximate surface area is 257 Å². The molecule has 2 saturated heterocycles. The molecule has 2 fully saturated rings. The van der Waals surface area contributed by atoms with Crippen LogP contribution in [0.2, 0.25) is 0 Å². The standard InChI is InChI=1S/C36H48N6O/c1-27(2)41-18-20-42(21-19-41)32-12-10-29(11-13-32)31-22-33(35-34(23-31)38(5)26-37-35)30-8-6-28(7-9-30)24-39-14-16-40(17-15-39)25-36(3,4)43/h6-13,22-23,26-27,43H,14-21,24-25H2,1-5H3. The highest BCUT2D eigenvalue weighted by molar-refractivity contribution is 5.96. The maximum atomic E-state index is 10.2. The summed E-state index contributed by atoms with van der Waals surface area (Å²) in [6.07, 6.45) is 1.92. The molecule has 0 saturated carbocycles. The van der Waals surface area contributed by atoms with Crippen LogP contribution in [-0.2, 0) is 13.6 Å². The van der Waals surface area contributed by atoms with E-state index in [-0.39, 0.29) is 0 Å². The second-order valence-electron chi connectivity index (χ2n) is 13.5. The van der Waals surface area contributed by atoms with Crippen LogP contribution in [0, 0.1) is 0 Å². The lowest BCUT2D eigenvalue weighted by Crippen LogP contribution is -2.50. The Balaban J connectivity index is 1.17. The van der Waals surface area contributed by atoms with Crippen molar-refractivity contribution < 1.29 is 5.11 Å². The number of hydrogen-bond donors (Lipinski definition) is 1. The fourth-order valence-electron chi connectivity index (χ4n) is 6.68. The van der Waals surface area contributed by atoms with Crippen LogP contribution >= 0.6 is 0 Å².